The molecule has 1 aliphatic rings. The highest BCUT2D eigenvalue weighted by atomic mass is 19.1. The van der Waals surface area contributed by atoms with Crippen LogP contribution in [0.4, 0.5) is 14.9 Å². The van der Waals surface area contributed by atoms with Gasteiger partial charge in [-0.1, -0.05) is 18.2 Å². The summed E-state index contributed by atoms with van der Waals surface area (Å²) in [7, 11) is 3.11. The van der Waals surface area contributed by atoms with Crippen molar-refractivity contribution in [3.05, 3.63) is 83.4 Å². The molecule has 1 aliphatic heterocycles. The first-order valence-electron chi connectivity index (χ1n) is 10.4. The number of urea groups is 1. The summed E-state index contributed by atoms with van der Waals surface area (Å²) in [5, 5.41) is 2.93. The van der Waals surface area contributed by atoms with E-state index in [1.165, 1.54) is 0 Å². The Balaban J connectivity index is 1.65. The Morgan fingerprint density at radius 3 is 2.66 bits per heavy atom. The van der Waals surface area contributed by atoms with Crippen LogP contribution < -0.4 is 14.8 Å². The maximum atomic E-state index is 14.5. The number of carbonyl (C=O) groups excluding carboxylic acids is 1. The van der Waals surface area contributed by atoms with Crippen LogP contribution in [0.1, 0.15) is 23.2 Å². The Bertz CT molecular complexity index is 1120. The SMILES string of the molecule is COc1ccc(OC)c(NC(=O)N2CC[C@](c3ccc(C)c(F)c3)(c3ccccn3)C2)c1. The van der Waals surface area contributed by atoms with Crippen LogP contribution in [0.25, 0.3) is 0 Å². The molecule has 2 heterocycles. The normalized spacial score (nSPS) is 17.8. The summed E-state index contributed by atoms with van der Waals surface area (Å²) in [6, 6.07) is 15.9. The minimum Gasteiger partial charge on any atom is -0.497 e. The molecular formula is C25H26FN3O3. The molecule has 1 aromatic heterocycles. The summed E-state index contributed by atoms with van der Waals surface area (Å²) < 4.78 is 25.1. The second-order valence-electron chi connectivity index (χ2n) is 7.93. The fourth-order valence-corrected chi connectivity index (χ4v) is 4.22. The second-order valence-corrected chi connectivity index (χ2v) is 7.93. The summed E-state index contributed by atoms with van der Waals surface area (Å²) in [6.07, 6.45) is 2.36. The third kappa shape index (κ3) is 3.98. The van der Waals surface area contributed by atoms with Crippen LogP contribution in [0, 0.1) is 12.7 Å². The number of rotatable bonds is 5. The molecule has 0 saturated carbocycles. The molecule has 1 N–H and O–H groups in total. The van der Waals surface area contributed by atoms with Gasteiger partial charge in [-0.05, 0) is 54.8 Å². The molecule has 32 heavy (non-hydrogen) atoms. The average Bonchev–Trinajstić information content (AvgIpc) is 3.28. The summed E-state index contributed by atoms with van der Waals surface area (Å²) in [4.78, 5) is 19.5. The number of carbonyl (C=O) groups is 1. The molecule has 1 fully saturated rings. The minimum absolute atomic E-state index is 0.262. The zero-order valence-electron chi connectivity index (χ0n) is 18.4. The molecule has 3 aromatic rings. The number of methoxy groups -OCH3 is 2. The van der Waals surface area contributed by atoms with E-state index in [0.29, 0.717) is 42.3 Å². The monoisotopic (exact) mass is 435 g/mol. The molecule has 0 spiro atoms. The lowest BCUT2D eigenvalue weighted by atomic mass is 9.76. The Morgan fingerprint density at radius 1 is 1.12 bits per heavy atom. The van der Waals surface area contributed by atoms with Crippen LogP contribution in [0.15, 0.2) is 60.8 Å². The molecule has 4 rings (SSSR count). The highest BCUT2D eigenvalue weighted by molar-refractivity contribution is 5.91. The minimum atomic E-state index is -0.592. The summed E-state index contributed by atoms with van der Waals surface area (Å²) >= 11 is 0. The van der Waals surface area contributed by atoms with Gasteiger partial charge in [-0.3, -0.25) is 4.98 Å². The van der Waals surface area contributed by atoms with E-state index in [9.17, 15) is 9.18 Å². The first kappa shape index (κ1) is 21.6. The van der Waals surface area contributed by atoms with Gasteiger partial charge in [0.15, 0.2) is 0 Å². The highest BCUT2D eigenvalue weighted by Gasteiger charge is 2.44. The van der Waals surface area contributed by atoms with Crippen molar-refractivity contribution in [3.8, 4) is 11.5 Å². The molecule has 2 amide bonds. The van der Waals surface area contributed by atoms with Crippen LogP contribution >= 0.6 is 0 Å². The predicted octanol–water partition coefficient (Wildman–Crippen LogP) is 4.77. The number of nitrogens with one attached hydrogen (secondary N) is 1. The maximum absolute atomic E-state index is 14.5. The number of anilines is 1. The largest absolute Gasteiger partial charge is 0.497 e. The van der Waals surface area contributed by atoms with E-state index in [0.717, 1.165) is 11.3 Å². The lowest BCUT2D eigenvalue weighted by molar-refractivity contribution is 0.220. The van der Waals surface area contributed by atoms with Gasteiger partial charge < -0.3 is 19.7 Å². The van der Waals surface area contributed by atoms with Crippen molar-refractivity contribution < 1.29 is 18.7 Å². The van der Waals surface area contributed by atoms with Crippen molar-refractivity contribution in [2.24, 2.45) is 0 Å². The van der Waals surface area contributed by atoms with Crippen LogP contribution in [-0.4, -0.2) is 43.2 Å². The van der Waals surface area contributed by atoms with E-state index < -0.39 is 5.41 Å². The van der Waals surface area contributed by atoms with Crippen LogP contribution in [-0.2, 0) is 5.41 Å². The number of halogens is 1. The third-order valence-corrected chi connectivity index (χ3v) is 6.08. The van der Waals surface area contributed by atoms with E-state index in [1.807, 2.05) is 24.3 Å². The quantitative estimate of drug-likeness (QED) is 0.627. The van der Waals surface area contributed by atoms with Gasteiger partial charge >= 0.3 is 6.03 Å². The maximum Gasteiger partial charge on any atom is 0.321 e. The van der Waals surface area contributed by atoms with Gasteiger partial charge in [0, 0.05) is 25.4 Å². The summed E-state index contributed by atoms with van der Waals surface area (Å²) in [5.74, 6) is 0.886. The van der Waals surface area contributed by atoms with Crippen molar-refractivity contribution in [1.29, 1.82) is 0 Å². The fraction of sp³-hybridized carbons (Fsp3) is 0.280. The average molecular weight is 435 g/mol. The number of nitrogens with zero attached hydrogens (tertiary/aromatic N) is 2. The lowest BCUT2D eigenvalue weighted by Gasteiger charge is -2.30. The van der Waals surface area contributed by atoms with Crippen LogP contribution in [0.5, 0.6) is 11.5 Å². The number of likely N-dealkylation sites (tertiary alicyclic amines) is 1. The topological polar surface area (TPSA) is 63.7 Å². The number of ether oxygens (including phenoxy) is 2. The Hall–Kier alpha value is -3.61. The molecule has 0 unspecified atom stereocenters. The zero-order valence-corrected chi connectivity index (χ0v) is 18.4. The van der Waals surface area contributed by atoms with Crippen molar-refractivity contribution in [2.45, 2.75) is 18.8 Å². The Labute approximate surface area is 187 Å². The van der Waals surface area contributed by atoms with Crippen molar-refractivity contribution >= 4 is 11.7 Å². The lowest BCUT2D eigenvalue weighted by Crippen LogP contribution is -2.38. The van der Waals surface area contributed by atoms with Crippen molar-refractivity contribution in [2.75, 3.05) is 32.6 Å². The van der Waals surface area contributed by atoms with Gasteiger partial charge in [-0.2, -0.15) is 0 Å². The van der Waals surface area contributed by atoms with Gasteiger partial charge in [-0.15, -0.1) is 0 Å². The molecule has 0 aliphatic carbocycles. The smallest absolute Gasteiger partial charge is 0.321 e. The highest BCUT2D eigenvalue weighted by Crippen LogP contribution is 2.41. The molecular weight excluding hydrogens is 409 g/mol. The zero-order chi connectivity index (χ0) is 22.7. The van der Waals surface area contributed by atoms with Crippen molar-refractivity contribution in [3.63, 3.8) is 0 Å². The van der Waals surface area contributed by atoms with Crippen LogP contribution in [0.3, 0.4) is 0 Å². The van der Waals surface area contributed by atoms with E-state index in [1.54, 1.807) is 62.6 Å². The van der Waals surface area contributed by atoms with Crippen molar-refractivity contribution in [1.82, 2.24) is 9.88 Å². The molecule has 2 aromatic carbocycles. The Morgan fingerprint density at radius 2 is 1.97 bits per heavy atom. The van der Waals surface area contributed by atoms with E-state index in [4.69, 9.17) is 9.47 Å². The second kappa shape index (κ2) is 8.86. The number of aromatic nitrogens is 1. The number of pyridine rings is 1. The molecule has 6 nitrogen and oxygen atoms in total. The first-order valence-corrected chi connectivity index (χ1v) is 10.4. The van der Waals surface area contributed by atoms with E-state index in [-0.39, 0.29) is 11.8 Å². The number of hydrogen-bond acceptors (Lipinski definition) is 4. The molecule has 0 radical (unpaired) electrons. The van der Waals surface area contributed by atoms with E-state index in [2.05, 4.69) is 10.3 Å². The van der Waals surface area contributed by atoms with Gasteiger partial charge in [-0.25, -0.2) is 9.18 Å². The molecule has 1 atom stereocenters. The van der Waals surface area contributed by atoms with Gasteiger partial charge in [0.1, 0.15) is 17.3 Å². The summed E-state index contributed by atoms with van der Waals surface area (Å²) in [5.41, 5.74) is 2.15. The standard InChI is InChI=1S/C25H26FN3O3/c1-17-7-8-18(14-20(17)26)25(23-6-4-5-12-27-23)11-13-29(16-25)24(30)28-21-15-19(31-2)9-10-22(21)32-3/h4-10,12,14-15H,11,13,16H2,1-3H3,(H,28,30)/t25-/m0/s1. The predicted molar refractivity (Wildman–Crippen MR) is 121 cm³/mol. The third-order valence-electron chi connectivity index (χ3n) is 6.08. The fourth-order valence-electron chi connectivity index (χ4n) is 4.22. The number of amides is 2. The van der Waals surface area contributed by atoms with Gasteiger partial charge in [0.25, 0.3) is 0 Å². The Kier molecular flexibility index (Phi) is 5.99. The van der Waals surface area contributed by atoms with Gasteiger partial charge in [0.2, 0.25) is 0 Å². The molecule has 166 valence electrons. The first-order chi connectivity index (χ1) is 15.5. The summed E-state index contributed by atoms with van der Waals surface area (Å²) in [6.45, 7) is 2.62. The number of aryl methyl sites for hydroxylation is 1. The molecule has 7 heteroatoms. The number of hydrogen-bond donors (Lipinski definition) is 1. The molecule has 0 bridgehead atoms. The molecule has 1 saturated heterocycles. The van der Waals surface area contributed by atoms with Crippen LogP contribution in [0.2, 0.25) is 0 Å². The van der Waals surface area contributed by atoms with E-state index >= 15 is 0 Å². The number of benzene rings is 2. The van der Waals surface area contributed by atoms with Gasteiger partial charge in [0.05, 0.1) is 31.0 Å².